The molecular formula is C22H21ClFN3OS. The fraction of sp³-hybridized carbons (Fsp3) is 0.273. The molecule has 0 aliphatic carbocycles. The van der Waals surface area contributed by atoms with Crippen molar-refractivity contribution in [1.82, 2.24) is 9.88 Å². The molecule has 4 nitrogen and oxygen atoms in total. The molecule has 7 heteroatoms. The number of carbonyl (C=O) groups is 1. The molecule has 29 heavy (non-hydrogen) atoms. The highest BCUT2D eigenvalue weighted by atomic mass is 35.5. The number of rotatable bonds is 6. The molecule has 150 valence electrons. The van der Waals surface area contributed by atoms with E-state index in [1.165, 1.54) is 12.1 Å². The Kier molecular flexibility index (Phi) is 6.21. The Morgan fingerprint density at radius 3 is 2.86 bits per heavy atom. The number of hydrogen-bond acceptors (Lipinski definition) is 4. The molecule has 1 atom stereocenters. The molecule has 1 unspecified atom stereocenters. The van der Waals surface area contributed by atoms with Gasteiger partial charge in [0.25, 0.3) is 0 Å². The van der Waals surface area contributed by atoms with Crippen LogP contribution in [0.1, 0.15) is 23.8 Å². The summed E-state index contributed by atoms with van der Waals surface area (Å²) in [5, 5.41) is 5.07. The second-order valence-electron chi connectivity index (χ2n) is 6.91. The molecule has 1 aromatic heterocycles. The molecule has 0 spiro atoms. The van der Waals surface area contributed by atoms with Gasteiger partial charge in [0.15, 0.2) is 0 Å². The van der Waals surface area contributed by atoms with Crippen LogP contribution < -0.4 is 5.32 Å². The minimum atomic E-state index is -0.262. The van der Waals surface area contributed by atoms with E-state index in [4.69, 9.17) is 11.6 Å². The fourth-order valence-electron chi connectivity index (χ4n) is 3.52. The van der Waals surface area contributed by atoms with Crippen molar-refractivity contribution in [2.45, 2.75) is 18.2 Å². The van der Waals surface area contributed by atoms with Gasteiger partial charge < -0.3 is 10.2 Å². The third-order valence-corrected chi connectivity index (χ3v) is 6.46. The summed E-state index contributed by atoms with van der Waals surface area (Å²) in [6, 6.07) is 14.1. The zero-order valence-electron chi connectivity index (χ0n) is 15.8. The van der Waals surface area contributed by atoms with E-state index in [0.29, 0.717) is 18.0 Å². The Morgan fingerprint density at radius 1 is 1.21 bits per heavy atom. The van der Waals surface area contributed by atoms with Crippen LogP contribution in [0, 0.1) is 5.82 Å². The van der Waals surface area contributed by atoms with E-state index >= 15 is 0 Å². The lowest BCUT2D eigenvalue weighted by atomic mass is 10.1. The van der Waals surface area contributed by atoms with Crippen molar-refractivity contribution in [3.63, 3.8) is 0 Å². The molecule has 4 rings (SSSR count). The first-order chi connectivity index (χ1) is 14.1. The third kappa shape index (κ3) is 4.65. The average Bonchev–Trinajstić information content (AvgIpc) is 2.72. The van der Waals surface area contributed by atoms with Gasteiger partial charge >= 0.3 is 0 Å². The van der Waals surface area contributed by atoms with Gasteiger partial charge in [-0.1, -0.05) is 23.7 Å². The minimum absolute atomic E-state index is 0.0549. The maximum absolute atomic E-state index is 13.3. The average molecular weight is 430 g/mol. The summed E-state index contributed by atoms with van der Waals surface area (Å²) in [6.07, 6.45) is 3.11. The number of hydrogen-bond donors (Lipinski definition) is 1. The molecule has 1 amide bonds. The molecule has 1 fully saturated rings. The zero-order chi connectivity index (χ0) is 20.2. The predicted molar refractivity (Wildman–Crippen MR) is 118 cm³/mol. The van der Waals surface area contributed by atoms with Gasteiger partial charge in [-0.25, -0.2) is 4.39 Å². The van der Waals surface area contributed by atoms with E-state index < -0.39 is 0 Å². The van der Waals surface area contributed by atoms with Crippen LogP contribution >= 0.6 is 23.4 Å². The van der Waals surface area contributed by atoms with Crippen molar-refractivity contribution >= 4 is 45.9 Å². The third-order valence-electron chi connectivity index (χ3n) is 4.95. The first-order valence-corrected chi connectivity index (χ1v) is 11.0. The van der Waals surface area contributed by atoms with Crippen LogP contribution in [0.2, 0.25) is 5.02 Å². The second-order valence-corrected chi connectivity index (χ2v) is 8.54. The number of anilines is 1. The normalized spacial score (nSPS) is 17.0. The quantitative estimate of drug-likeness (QED) is 0.526. The summed E-state index contributed by atoms with van der Waals surface area (Å²) >= 11 is 7.78. The molecule has 1 saturated heterocycles. The summed E-state index contributed by atoms with van der Waals surface area (Å²) in [4.78, 5) is 18.8. The van der Waals surface area contributed by atoms with Crippen LogP contribution in [0.25, 0.3) is 10.9 Å². The van der Waals surface area contributed by atoms with Gasteiger partial charge in [0.05, 0.1) is 5.52 Å². The SMILES string of the molecule is O=C1CCSC(c2ccc(F)cc2)N1CCCNc1ccnc2cc(Cl)ccc12. The van der Waals surface area contributed by atoms with Crippen molar-refractivity contribution in [3.05, 3.63) is 71.1 Å². The molecule has 0 saturated carbocycles. The van der Waals surface area contributed by atoms with E-state index in [1.54, 1.807) is 30.1 Å². The van der Waals surface area contributed by atoms with Crippen LogP contribution in [-0.4, -0.2) is 34.6 Å². The van der Waals surface area contributed by atoms with Gasteiger partial charge in [0, 0.05) is 47.6 Å². The van der Waals surface area contributed by atoms with Crippen molar-refractivity contribution in [2.24, 2.45) is 0 Å². The number of amides is 1. The molecule has 0 bridgehead atoms. The van der Waals surface area contributed by atoms with Gasteiger partial charge in [-0.15, -0.1) is 11.8 Å². The lowest BCUT2D eigenvalue weighted by molar-refractivity contribution is -0.132. The van der Waals surface area contributed by atoms with E-state index in [9.17, 15) is 9.18 Å². The number of pyridine rings is 1. The van der Waals surface area contributed by atoms with Crippen LogP contribution in [0.5, 0.6) is 0 Å². The van der Waals surface area contributed by atoms with Crippen LogP contribution in [0.3, 0.4) is 0 Å². The molecule has 1 aliphatic heterocycles. The van der Waals surface area contributed by atoms with Gasteiger partial charge in [-0.05, 0) is 48.4 Å². The van der Waals surface area contributed by atoms with Gasteiger partial charge in [0.2, 0.25) is 5.91 Å². The zero-order valence-corrected chi connectivity index (χ0v) is 17.3. The molecule has 2 heterocycles. The molecule has 1 N–H and O–H groups in total. The number of halogens is 2. The first-order valence-electron chi connectivity index (χ1n) is 9.56. The number of thioether (sulfide) groups is 1. The van der Waals surface area contributed by atoms with E-state index in [2.05, 4.69) is 10.3 Å². The number of benzene rings is 2. The highest BCUT2D eigenvalue weighted by molar-refractivity contribution is 7.99. The highest BCUT2D eigenvalue weighted by Crippen LogP contribution is 2.37. The maximum atomic E-state index is 13.3. The molecular weight excluding hydrogens is 409 g/mol. The van der Waals surface area contributed by atoms with Crippen molar-refractivity contribution < 1.29 is 9.18 Å². The van der Waals surface area contributed by atoms with Crippen molar-refractivity contribution in [3.8, 4) is 0 Å². The molecule has 3 aromatic rings. The van der Waals surface area contributed by atoms with E-state index in [-0.39, 0.29) is 17.1 Å². The monoisotopic (exact) mass is 429 g/mol. The standard InChI is InChI=1S/C22H21ClFN3OS/c23-16-4-7-18-19(8-11-26-20(18)14-16)25-10-1-12-27-21(28)9-13-29-22(27)15-2-5-17(24)6-3-15/h2-8,11,14,22H,1,9-10,12-13H2,(H,25,26). The minimum Gasteiger partial charge on any atom is -0.384 e. The Labute approximate surface area is 178 Å². The lowest BCUT2D eigenvalue weighted by Crippen LogP contribution is -2.38. The van der Waals surface area contributed by atoms with Crippen LogP contribution in [0.15, 0.2) is 54.7 Å². The number of nitrogens with zero attached hydrogens (tertiary/aromatic N) is 2. The van der Waals surface area contributed by atoms with Crippen LogP contribution in [-0.2, 0) is 4.79 Å². The smallest absolute Gasteiger partial charge is 0.224 e. The summed E-state index contributed by atoms with van der Waals surface area (Å²) in [5.41, 5.74) is 2.82. The van der Waals surface area contributed by atoms with Gasteiger partial charge in [-0.2, -0.15) is 0 Å². The number of carbonyl (C=O) groups excluding carboxylic acids is 1. The Balaban J connectivity index is 1.40. The first kappa shape index (κ1) is 20.0. The summed E-state index contributed by atoms with van der Waals surface area (Å²) in [5.74, 6) is 0.686. The van der Waals surface area contributed by atoms with Crippen molar-refractivity contribution in [2.75, 3.05) is 24.2 Å². The molecule has 2 aromatic carbocycles. The Hall–Kier alpha value is -2.31. The summed E-state index contributed by atoms with van der Waals surface area (Å²) < 4.78 is 13.3. The largest absolute Gasteiger partial charge is 0.384 e. The lowest BCUT2D eigenvalue weighted by Gasteiger charge is -2.35. The topological polar surface area (TPSA) is 45.2 Å². The summed E-state index contributed by atoms with van der Waals surface area (Å²) in [7, 11) is 0. The molecule has 1 aliphatic rings. The number of fused-ring (bicyclic) bond motifs is 1. The van der Waals surface area contributed by atoms with E-state index in [0.717, 1.165) is 40.9 Å². The van der Waals surface area contributed by atoms with Crippen molar-refractivity contribution in [1.29, 1.82) is 0 Å². The number of nitrogens with one attached hydrogen (secondary N) is 1. The predicted octanol–water partition coefficient (Wildman–Crippen LogP) is 5.49. The van der Waals surface area contributed by atoms with E-state index in [1.807, 2.05) is 29.2 Å². The number of aromatic nitrogens is 1. The second kappa shape index (κ2) is 9.01. The summed E-state index contributed by atoms with van der Waals surface area (Å²) in [6.45, 7) is 1.38. The van der Waals surface area contributed by atoms with Crippen LogP contribution in [0.4, 0.5) is 10.1 Å². The maximum Gasteiger partial charge on any atom is 0.224 e. The fourth-order valence-corrected chi connectivity index (χ4v) is 4.95. The Bertz CT molecular complexity index is 1010. The molecule has 0 radical (unpaired) electrons. The van der Waals surface area contributed by atoms with Gasteiger partial charge in [0.1, 0.15) is 11.2 Å². The highest BCUT2D eigenvalue weighted by Gasteiger charge is 2.29. The van der Waals surface area contributed by atoms with Gasteiger partial charge in [-0.3, -0.25) is 9.78 Å². The Morgan fingerprint density at radius 2 is 2.03 bits per heavy atom.